The number of aliphatic hydroxyl groups is 1. The summed E-state index contributed by atoms with van der Waals surface area (Å²) in [6, 6.07) is 6.80. The van der Waals surface area contributed by atoms with Crippen molar-refractivity contribution < 1.29 is 38.4 Å². The highest BCUT2D eigenvalue weighted by molar-refractivity contribution is 8.76. The summed E-state index contributed by atoms with van der Waals surface area (Å²) in [6.45, 7) is 3.56. The number of hydrogen-bond acceptors (Lipinski definition) is 13. The number of carbonyl (C=O) groups excluding carboxylic acids is 2. The zero-order chi connectivity index (χ0) is 31.3. The molecule has 2 amide bonds. The molecule has 2 rings (SSSR count). The number of amides is 2. The Morgan fingerprint density at radius 3 is 2.79 bits per heavy atom. The molecule has 1 aromatic rings. The third kappa shape index (κ3) is 16.0. The Morgan fingerprint density at radius 1 is 1.23 bits per heavy atom. The minimum Gasteiger partial charge on any atom is -0.490 e. The van der Waals surface area contributed by atoms with E-state index in [0.717, 1.165) is 0 Å². The molecule has 1 aromatic carbocycles. The largest absolute Gasteiger partial charge is 0.490 e. The molecule has 0 spiro atoms. The fourth-order valence-electron chi connectivity index (χ4n) is 3.88. The highest BCUT2D eigenvalue weighted by Gasteiger charge is 2.36. The molecule has 11 nitrogen and oxygen atoms in total. The fourth-order valence-corrected chi connectivity index (χ4v) is 6.75. The fraction of sp³-hybridized carbons (Fsp3) is 0.630. The van der Waals surface area contributed by atoms with E-state index in [1.807, 2.05) is 19.4 Å². The van der Waals surface area contributed by atoms with E-state index in [1.54, 1.807) is 56.6 Å². The number of hydrogen-bond donors (Lipinski definition) is 4. The Labute approximate surface area is 270 Å². The summed E-state index contributed by atoms with van der Waals surface area (Å²) < 4.78 is 28.9. The lowest BCUT2D eigenvalue weighted by Crippen LogP contribution is -2.29. The second kappa shape index (κ2) is 23.1. The quantitative estimate of drug-likeness (QED) is 0.0491. The first-order chi connectivity index (χ1) is 20.9. The van der Waals surface area contributed by atoms with Crippen molar-refractivity contribution in [1.82, 2.24) is 10.6 Å². The Bertz CT molecular complexity index is 1020. The predicted octanol–water partition coefficient (Wildman–Crippen LogP) is 1.49. The van der Waals surface area contributed by atoms with Crippen molar-refractivity contribution in [2.24, 2.45) is 5.73 Å². The van der Waals surface area contributed by atoms with Crippen molar-refractivity contribution in [2.75, 3.05) is 65.2 Å². The molecule has 1 fully saturated rings. The van der Waals surface area contributed by atoms with Gasteiger partial charge in [-0.2, -0.15) is 5.82 Å². The van der Waals surface area contributed by atoms with E-state index in [2.05, 4.69) is 22.4 Å². The van der Waals surface area contributed by atoms with Gasteiger partial charge in [-0.25, -0.2) is 0 Å². The van der Waals surface area contributed by atoms with Gasteiger partial charge in [0.05, 0.1) is 32.5 Å². The van der Waals surface area contributed by atoms with E-state index in [1.165, 1.54) is 10.8 Å². The molecule has 16 heteroatoms. The van der Waals surface area contributed by atoms with Crippen LogP contribution < -0.4 is 21.1 Å². The molecule has 240 valence electrons. The second-order valence-electron chi connectivity index (χ2n) is 9.05. The molecule has 0 aliphatic carbocycles. The molecular weight excluding hydrogens is 633 g/mol. The molecule has 0 radical (unpaired) electrons. The van der Waals surface area contributed by atoms with Crippen LogP contribution in [0.5, 0.6) is 5.75 Å². The maximum Gasteiger partial charge on any atom is 0.251 e. The van der Waals surface area contributed by atoms with Crippen LogP contribution in [0.4, 0.5) is 0 Å². The number of carbonyl (C=O) groups is 2. The van der Waals surface area contributed by atoms with Crippen LogP contribution in [0, 0.1) is 11.7 Å². The summed E-state index contributed by atoms with van der Waals surface area (Å²) in [5, 5.41) is 15.0. The third-order valence-corrected chi connectivity index (χ3v) is 9.63. The number of aliphatic hydroxyl groups excluding tert-OH is 1. The number of benzene rings is 1. The lowest BCUT2D eigenvalue weighted by Gasteiger charge is -2.20. The van der Waals surface area contributed by atoms with E-state index >= 15 is 0 Å². The maximum absolute atomic E-state index is 12.1. The van der Waals surface area contributed by atoms with Crippen LogP contribution in [-0.4, -0.2) is 118 Å². The molecule has 5 atom stereocenters. The van der Waals surface area contributed by atoms with Crippen molar-refractivity contribution in [3.05, 3.63) is 29.8 Å². The van der Waals surface area contributed by atoms with E-state index < -0.39 is 0 Å². The van der Waals surface area contributed by atoms with Crippen molar-refractivity contribution in [3.63, 3.8) is 0 Å². The van der Waals surface area contributed by atoms with Crippen molar-refractivity contribution in [1.29, 1.82) is 0 Å². The van der Waals surface area contributed by atoms with Gasteiger partial charge < -0.3 is 45.2 Å². The molecule has 1 aliphatic rings. The minimum atomic E-state index is -0.349. The summed E-state index contributed by atoms with van der Waals surface area (Å²) in [4.78, 5) is 24.2. The zero-order valence-corrected chi connectivity index (χ0v) is 28.0. The minimum absolute atomic E-state index is 0.00791. The molecule has 2 unspecified atom stereocenters. The van der Waals surface area contributed by atoms with Gasteiger partial charge in [0.15, 0.2) is 0 Å². The molecular formula is C27H42BN3O8S4. The molecule has 5 N–H and O–H groups in total. The highest BCUT2D eigenvalue weighted by atomic mass is 33.1. The first-order valence-electron chi connectivity index (χ1n) is 13.8. The average Bonchev–Trinajstić information content (AvgIpc) is 3.39. The molecule has 0 aromatic heterocycles. The lowest BCUT2D eigenvalue weighted by atomic mass is 9.71. The lowest BCUT2D eigenvalue weighted by molar-refractivity contribution is -0.126. The van der Waals surface area contributed by atoms with Crippen molar-refractivity contribution in [2.45, 2.75) is 42.4 Å². The summed E-state index contributed by atoms with van der Waals surface area (Å²) in [5.41, 5.74) is 5.67. The van der Waals surface area contributed by atoms with Gasteiger partial charge >= 0.3 is 0 Å². The first kappa shape index (κ1) is 37.9. The molecule has 1 aliphatic heterocycles. The van der Waals surface area contributed by atoms with E-state index in [0.29, 0.717) is 38.1 Å². The van der Waals surface area contributed by atoms with Crippen LogP contribution in [0.1, 0.15) is 23.7 Å². The summed E-state index contributed by atoms with van der Waals surface area (Å²) in [5.74, 6) is 6.04. The Morgan fingerprint density at radius 2 is 2.05 bits per heavy atom. The van der Waals surface area contributed by atoms with Crippen LogP contribution in [0.3, 0.4) is 0 Å². The molecule has 43 heavy (non-hydrogen) atoms. The van der Waals surface area contributed by atoms with Crippen LogP contribution in [0.2, 0.25) is 0 Å². The van der Waals surface area contributed by atoms with Gasteiger partial charge in [0.2, 0.25) is 13.2 Å². The Hall–Kier alpha value is -1.26. The second-order valence-corrected chi connectivity index (χ2v) is 14.4. The van der Waals surface area contributed by atoms with Crippen LogP contribution in [0.25, 0.3) is 0 Å². The SMILES string of the molecule is CSSC(COc1cccc(C(=O)NCCN)c1)OCCOCC(=O)NCC#CB[C@H]1C[C@@H](O[C@@H](C)SSC)C(CO)O1. The molecule has 0 saturated carbocycles. The van der Waals surface area contributed by atoms with Gasteiger partial charge in [0.1, 0.15) is 35.9 Å². The smallest absolute Gasteiger partial charge is 0.251 e. The summed E-state index contributed by atoms with van der Waals surface area (Å²) in [7, 11) is 6.82. The first-order valence-corrected chi connectivity index (χ1v) is 19.1. The van der Waals surface area contributed by atoms with E-state index in [9.17, 15) is 14.7 Å². The van der Waals surface area contributed by atoms with E-state index in [4.69, 9.17) is 29.4 Å². The topological polar surface area (TPSA) is 151 Å². The van der Waals surface area contributed by atoms with Gasteiger partial charge in [-0.15, -0.1) is 0 Å². The monoisotopic (exact) mass is 675 g/mol. The van der Waals surface area contributed by atoms with Gasteiger partial charge in [0.25, 0.3) is 5.91 Å². The number of nitrogens with one attached hydrogen (secondary N) is 2. The molecule has 0 bridgehead atoms. The zero-order valence-electron chi connectivity index (χ0n) is 24.8. The number of nitrogens with two attached hydrogens (primary N) is 1. The number of rotatable bonds is 21. The van der Waals surface area contributed by atoms with E-state index in [-0.39, 0.29) is 80.5 Å². The van der Waals surface area contributed by atoms with Gasteiger partial charge in [-0.1, -0.05) is 55.2 Å². The average molecular weight is 676 g/mol. The van der Waals surface area contributed by atoms with Crippen LogP contribution >= 0.6 is 43.2 Å². The molecule has 1 saturated heterocycles. The summed E-state index contributed by atoms with van der Waals surface area (Å²) in [6.07, 6.45) is 4.10. The van der Waals surface area contributed by atoms with Gasteiger partial charge in [0, 0.05) is 24.7 Å². The Balaban J connectivity index is 1.60. The normalized spacial score (nSPS) is 19.1. The predicted molar refractivity (Wildman–Crippen MR) is 179 cm³/mol. The van der Waals surface area contributed by atoms with Crippen LogP contribution in [0.15, 0.2) is 24.3 Å². The third-order valence-electron chi connectivity index (χ3n) is 5.76. The van der Waals surface area contributed by atoms with Crippen molar-refractivity contribution in [3.8, 4) is 17.5 Å². The molecule has 1 heterocycles. The summed E-state index contributed by atoms with van der Waals surface area (Å²) >= 11 is 0. The van der Waals surface area contributed by atoms with Crippen LogP contribution in [-0.2, 0) is 23.7 Å². The van der Waals surface area contributed by atoms with Crippen molar-refractivity contribution >= 4 is 62.3 Å². The number of ether oxygens (including phenoxy) is 5. The standard InChI is InChI=1S/C27H42BN3O8S4/c1-19(42-40-2)38-22-15-24(39-23(22)16-32)28-8-5-10-30-25(33)17-35-12-13-36-26(43-41-3)18-37-21-7-4-6-20(14-21)27(34)31-11-9-29/h4,6-7,14,19,22-24,26,28,32H,9-13,15-18,29H2,1-3H3,(H,30,33)(H,31,34)/t19-,22-,23?,24-,26?/m1/s1. The van der Waals surface area contributed by atoms with Gasteiger partial charge in [-0.3, -0.25) is 9.59 Å². The van der Waals surface area contributed by atoms with Gasteiger partial charge in [-0.05, 0) is 44.1 Å². The highest BCUT2D eigenvalue weighted by Crippen LogP contribution is 2.30. The Kier molecular flexibility index (Phi) is 20.4. The maximum atomic E-state index is 12.1.